The molecule has 0 fully saturated rings. The number of fused-ring (bicyclic) bond motifs is 1. The Morgan fingerprint density at radius 1 is 1.12 bits per heavy atom. The monoisotopic (exact) mass is 360 g/mol. The van der Waals surface area contributed by atoms with Crippen LogP contribution in [0.4, 0.5) is 24.7 Å². The lowest BCUT2D eigenvalue weighted by Crippen LogP contribution is -2.05. The fraction of sp³-hybridized carbons (Fsp3) is 0.0588. The van der Waals surface area contributed by atoms with Gasteiger partial charge in [-0.3, -0.25) is 4.40 Å². The molecule has 4 nitrogen and oxygen atoms in total. The molecule has 3 aromatic heterocycles. The number of nitrogens with zero attached hydrogens (tertiary/aromatic N) is 3. The molecule has 126 valence electrons. The van der Waals surface area contributed by atoms with E-state index in [1.54, 1.807) is 28.9 Å². The molecule has 0 aliphatic rings. The molecule has 0 aliphatic heterocycles. The molecule has 0 amide bonds. The maximum absolute atomic E-state index is 12.9. The van der Waals surface area contributed by atoms with Gasteiger partial charge in [-0.05, 0) is 35.7 Å². The maximum Gasteiger partial charge on any atom is 0.416 e. The fourth-order valence-corrected chi connectivity index (χ4v) is 3.16. The van der Waals surface area contributed by atoms with E-state index in [0.717, 1.165) is 17.7 Å². The average molecular weight is 360 g/mol. The number of thiophene rings is 1. The van der Waals surface area contributed by atoms with Gasteiger partial charge in [0.05, 0.1) is 5.56 Å². The lowest BCUT2D eigenvalue weighted by atomic mass is 10.2. The Hall–Kier alpha value is -2.87. The quantitative estimate of drug-likeness (QED) is 0.545. The van der Waals surface area contributed by atoms with Crippen molar-refractivity contribution in [2.24, 2.45) is 0 Å². The van der Waals surface area contributed by atoms with Crippen LogP contribution in [0.5, 0.6) is 0 Å². The summed E-state index contributed by atoms with van der Waals surface area (Å²) in [6.07, 6.45) is -1.01. The number of rotatable bonds is 3. The summed E-state index contributed by atoms with van der Waals surface area (Å²) in [5.41, 5.74) is 1.14. The first-order valence-electron chi connectivity index (χ1n) is 7.32. The predicted octanol–water partition coefficient (Wildman–Crippen LogP) is 5.22. The normalized spacial score (nSPS) is 11.8. The van der Waals surface area contributed by atoms with E-state index in [2.05, 4.69) is 15.3 Å². The van der Waals surface area contributed by atoms with Crippen molar-refractivity contribution in [1.82, 2.24) is 14.4 Å². The topological polar surface area (TPSA) is 42.2 Å². The number of hydrogen-bond acceptors (Lipinski definition) is 4. The summed E-state index contributed by atoms with van der Waals surface area (Å²) in [4.78, 5) is 8.70. The van der Waals surface area contributed by atoms with Gasteiger partial charge in [-0.25, -0.2) is 9.97 Å². The van der Waals surface area contributed by atoms with Crippen LogP contribution in [-0.2, 0) is 6.18 Å². The summed E-state index contributed by atoms with van der Waals surface area (Å²) in [6.45, 7) is 0. The van der Waals surface area contributed by atoms with Crippen molar-refractivity contribution < 1.29 is 13.2 Å². The third kappa shape index (κ3) is 2.96. The van der Waals surface area contributed by atoms with Gasteiger partial charge in [0.1, 0.15) is 11.5 Å². The van der Waals surface area contributed by atoms with E-state index in [1.165, 1.54) is 17.4 Å². The summed E-state index contributed by atoms with van der Waals surface area (Å²) in [5, 5.41) is 6.91. The van der Waals surface area contributed by atoms with Crippen LogP contribution in [0, 0.1) is 0 Å². The molecule has 3 heterocycles. The van der Waals surface area contributed by atoms with Crippen LogP contribution in [0.1, 0.15) is 5.56 Å². The van der Waals surface area contributed by atoms with Crippen molar-refractivity contribution >= 4 is 28.6 Å². The van der Waals surface area contributed by atoms with Gasteiger partial charge in [0.25, 0.3) is 0 Å². The van der Waals surface area contributed by atoms with Crippen LogP contribution in [0.25, 0.3) is 17.0 Å². The second-order valence-corrected chi connectivity index (χ2v) is 6.09. The third-order valence-electron chi connectivity index (χ3n) is 3.65. The van der Waals surface area contributed by atoms with Gasteiger partial charge in [-0.2, -0.15) is 24.5 Å². The fourth-order valence-electron chi connectivity index (χ4n) is 2.52. The van der Waals surface area contributed by atoms with Crippen molar-refractivity contribution in [3.8, 4) is 11.3 Å². The van der Waals surface area contributed by atoms with E-state index in [0.29, 0.717) is 23.0 Å². The lowest BCUT2D eigenvalue weighted by molar-refractivity contribution is -0.137. The molecule has 0 aliphatic carbocycles. The van der Waals surface area contributed by atoms with E-state index < -0.39 is 11.7 Å². The van der Waals surface area contributed by atoms with E-state index in [-0.39, 0.29) is 0 Å². The van der Waals surface area contributed by atoms with Gasteiger partial charge >= 0.3 is 6.18 Å². The molecule has 0 unspecified atom stereocenters. The zero-order valence-electron chi connectivity index (χ0n) is 12.7. The van der Waals surface area contributed by atoms with Crippen LogP contribution < -0.4 is 5.32 Å². The molecular formula is C17H11F3N4S. The summed E-state index contributed by atoms with van der Waals surface area (Å²) >= 11 is 1.52. The Bertz CT molecular complexity index is 1020. The van der Waals surface area contributed by atoms with Crippen LogP contribution in [0.2, 0.25) is 0 Å². The summed E-state index contributed by atoms with van der Waals surface area (Å²) in [5.74, 6) is 1.04. The van der Waals surface area contributed by atoms with Crippen molar-refractivity contribution in [2.45, 2.75) is 6.18 Å². The number of anilines is 2. The molecule has 0 atom stereocenters. The van der Waals surface area contributed by atoms with Gasteiger partial charge in [0, 0.05) is 29.0 Å². The Kier molecular flexibility index (Phi) is 3.69. The second-order valence-electron chi connectivity index (χ2n) is 5.31. The smallest absolute Gasteiger partial charge is 0.339 e. The van der Waals surface area contributed by atoms with Gasteiger partial charge in [-0.1, -0.05) is 6.07 Å². The van der Waals surface area contributed by atoms with Gasteiger partial charge in [-0.15, -0.1) is 0 Å². The number of aromatic nitrogens is 3. The minimum Gasteiger partial charge on any atom is -0.339 e. The Morgan fingerprint density at radius 3 is 2.76 bits per heavy atom. The molecule has 4 aromatic rings. The molecule has 0 spiro atoms. The van der Waals surface area contributed by atoms with Gasteiger partial charge in [0.2, 0.25) is 5.78 Å². The van der Waals surface area contributed by atoms with Crippen LogP contribution in [-0.4, -0.2) is 14.4 Å². The first-order valence-corrected chi connectivity index (χ1v) is 8.26. The molecule has 25 heavy (non-hydrogen) atoms. The number of nitrogens with one attached hydrogen (secondary N) is 1. The minimum atomic E-state index is -4.39. The molecule has 0 saturated heterocycles. The predicted molar refractivity (Wildman–Crippen MR) is 91.0 cm³/mol. The number of hydrogen-bond donors (Lipinski definition) is 1. The van der Waals surface area contributed by atoms with Gasteiger partial charge in [0.15, 0.2) is 0 Å². The zero-order valence-corrected chi connectivity index (χ0v) is 13.5. The third-order valence-corrected chi connectivity index (χ3v) is 4.33. The van der Waals surface area contributed by atoms with Crippen LogP contribution in [0.15, 0.2) is 59.6 Å². The van der Waals surface area contributed by atoms with Crippen molar-refractivity contribution in [2.75, 3.05) is 5.32 Å². The molecule has 4 rings (SSSR count). The average Bonchev–Trinajstić information content (AvgIpc) is 3.23. The molecule has 0 bridgehead atoms. The van der Waals surface area contributed by atoms with E-state index in [4.69, 9.17) is 0 Å². The number of benzene rings is 1. The SMILES string of the molecule is FC(F)(F)c1cccc(Nc2c(-c3ccsc3)nc3ncccn23)c1. The Morgan fingerprint density at radius 2 is 2.00 bits per heavy atom. The molecule has 1 N–H and O–H groups in total. The van der Waals surface area contributed by atoms with Crippen molar-refractivity contribution in [3.05, 3.63) is 65.1 Å². The van der Waals surface area contributed by atoms with E-state index in [1.807, 2.05) is 16.8 Å². The second kappa shape index (κ2) is 5.89. The van der Waals surface area contributed by atoms with Crippen LogP contribution in [0.3, 0.4) is 0 Å². The minimum absolute atomic E-state index is 0.331. The van der Waals surface area contributed by atoms with E-state index in [9.17, 15) is 13.2 Å². The Labute approximate surface area is 144 Å². The summed E-state index contributed by atoms with van der Waals surface area (Å²) in [7, 11) is 0. The number of halogens is 3. The Balaban J connectivity index is 1.83. The lowest BCUT2D eigenvalue weighted by Gasteiger charge is -2.11. The molecule has 0 radical (unpaired) electrons. The highest BCUT2D eigenvalue weighted by molar-refractivity contribution is 7.08. The molecular weight excluding hydrogens is 349 g/mol. The van der Waals surface area contributed by atoms with Gasteiger partial charge < -0.3 is 5.32 Å². The first-order chi connectivity index (χ1) is 12.0. The molecule has 0 saturated carbocycles. The van der Waals surface area contributed by atoms with E-state index >= 15 is 0 Å². The number of imidazole rings is 1. The van der Waals surface area contributed by atoms with Crippen molar-refractivity contribution in [3.63, 3.8) is 0 Å². The molecule has 8 heteroatoms. The zero-order chi connectivity index (χ0) is 17.4. The summed E-state index contributed by atoms with van der Waals surface area (Å²) < 4.78 is 40.6. The highest BCUT2D eigenvalue weighted by Crippen LogP contribution is 2.34. The standard InChI is InChI=1S/C17H11F3N4S/c18-17(19,20)12-3-1-4-13(9-12)22-15-14(11-5-8-25-10-11)23-16-21-6-2-7-24(15)16/h1-10,22H. The highest BCUT2D eigenvalue weighted by atomic mass is 32.1. The summed E-state index contributed by atoms with van der Waals surface area (Å²) in [6, 6.07) is 8.72. The van der Waals surface area contributed by atoms with Crippen molar-refractivity contribution in [1.29, 1.82) is 0 Å². The largest absolute Gasteiger partial charge is 0.416 e. The first kappa shape index (κ1) is 15.6. The highest BCUT2D eigenvalue weighted by Gasteiger charge is 2.30. The maximum atomic E-state index is 12.9. The molecule has 1 aromatic carbocycles. The van der Waals surface area contributed by atoms with Crippen LogP contribution >= 0.6 is 11.3 Å². The number of alkyl halides is 3.